The van der Waals surface area contributed by atoms with Crippen LogP contribution in [-0.4, -0.2) is 14.7 Å². The Hall–Kier alpha value is -2.12. The molecule has 8 heteroatoms. The Balaban J connectivity index is 1.99. The van der Waals surface area contributed by atoms with Gasteiger partial charge in [0.05, 0.1) is 5.69 Å². The summed E-state index contributed by atoms with van der Waals surface area (Å²) in [6.07, 6.45) is 1.04. The average molecular weight is 344 g/mol. The zero-order chi connectivity index (χ0) is 17.5. The quantitative estimate of drug-likeness (QED) is 0.887. The van der Waals surface area contributed by atoms with Gasteiger partial charge in [0.1, 0.15) is 11.4 Å². The zero-order valence-corrected chi connectivity index (χ0v) is 13.2. The molecule has 132 valence electrons. The first-order chi connectivity index (χ1) is 11.3. The number of hydrogen-bond acceptors (Lipinski definition) is 3. The standard InChI is InChI=1S/C16H19F3N2O3/c1-9-7-12(13(24-9)16(17,18)19)21-14(22)11(20-15(21)23)8-10-5-3-2-4-6-10/h7,10,22H,2-6,8H2,1H3,(H,20,23). The molecule has 3 rings (SSSR count). The highest BCUT2D eigenvalue weighted by molar-refractivity contribution is 5.43. The Labute approximate surface area is 136 Å². The van der Waals surface area contributed by atoms with E-state index in [-0.39, 0.29) is 11.5 Å². The van der Waals surface area contributed by atoms with Crippen molar-refractivity contribution in [2.75, 3.05) is 0 Å². The summed E-state index contributed by atoms with van der Waals surface area (Å²) in [6.45, 7) is 1.36. The van der Waals surface area contributed by atoms with Gasteiger partial charge < -0.3 is 14.5 Å². The number of hydrogen-bond donors (Lipinski definition) is 2. The SMILES string of the molecule is Cc1cc(-n2c(O)c(CC3CCCCC3)[nH]c2=O)c(C(F)(F)F)o1. The number of furan rings is 1. The minimum atomic E-state index is -4.75. The van der Waals surface area contributed by atoms with E-state index in [1.54, 1.807) is 0 Å². The molecule has 1 aliphatic rings. The maximum Gasteiger partial charge on any atom is 0.451 e. The highest BCUT2D eigenvalue weighted by atomic mass is 19.4. The van der Waals surface area contributed by atoms with E-state index in [1.165, 1.54) is 13.3 Å². The van der Waals surface area contributed by atoms with Gasteiger partial charge in [-0.2, -0.15) is 13.2 Å². The van der Waals surface area contributed by atoms with Crippen LogP contribution in [0.5, 0.6) is 5.88 Å². The molecule has 0 saturated heterocycles. The van der Waals surface area contributed by atoms with Crippen molar-refractivity contribution in [3.05, 3.63) is 33.8 Å². The summed E-state index contributed by atoms with van der Waals surface area (Å²) in [6, 6.07) is 1.10. The first-order valence-corrected chi connectivity index (χ1v) is 7.98. The first-order valence-electron chi connectivity index (χ1n) is 7.98. The van der Waals surface area contributed by atoms with E-state index in [9.17, 15) is 23.1 Å². The normalized spacial score (nSPS) is 16.7. The number of nitrogens with zero attached hydrogens (tertiary/aromatic N) is 1. The van der Waals surface area contributed by atoms with Gasteiger partial charge in [-0.05, 0) is 19.3 Å². The second kappa shape index (κ2) is 6.07. The molecule has 24 heavy (non-hydrogen) atoms. The maximum atomic E-state index is 13.1. The monoisotopic (exact) mass is 344 g/mol. The molecule has 2 aromatic heterocycles. The Kier molecular flexibility index (Phi) is 4.23. The lowest BCUT2D eigenvalue weighted by Crippen LogP contribution is -2.17. The molecule has 2 aromatic rings. The van der Waals surface area contributed by atoms with Crippen LogP contribution in [0, 0.1) is 12.8 Å². The van der Waals surface area contributed by atoms with E-state index in [0.29, 0.717) is 16.9 Å². The second-order valence-electron chi connectivity index (χ2n) is 6.35. The fourth-order valence-corrected chi connectivity index (χ4v) is 3.39. The minimum Gasteiger partial charge on any atom is -0.493 e. The highest BCUT2D eigenvalue weighted by Crippen LogP contribution is 2.37. The molecular formula is C16H19F3N2O3. The molecule has 0 radical (unpaired) electrons. The first kappa shape index (κ1) is 16.7. The molecule has 0 spiro atoms. The van der Waals surface area contributed by atoms with Crippen LogP contribution in [0.3, 0.4) is 0 Å². The number of alkyl halides is 3. The van der Waals surface area contributed by atoms with Crippen molar-refractivity contribution in [2.45, 2.75) is 51.6 Å². The summed E-state index contributed by atoms with van der Waals surface area (Å²) >= 11 is 0. The number of nitrogens with one attached hydrogen (secondary N) is 1. The van der Waals surface area contributed by atoms with E-state index in [4.69, 9.17) is 4.42 Å². The van der Waals surface area contributed by atoms with Crippen LogP contribution in [0.2, 0.25) is 0 Å². The third-order valence-electron chi connectivity index (χ3n) is 4.49. The van der Waals surface area contributed by atoms with Gasteiger partial charge >= 0.3 is 11.9 Å². The van der Waals surface area contributed by atoms with Gasteiger partial charge in [0, 0.05) is 6.07 Å². The number of rotatable bonds is 3. The molecule has 5 nitrogen and oxygen atoms in total. The van der Waals surface area contributed by atoms with E-state index < -0.39 is 29.2 Å². The summed E-state index contributed by atoms with van der Waals surface area (Å²) < 4.78 is 44.6. The van der Waals surface area contributed by atoms with Crippen molar-refractivity contribution in [2.24, 2.45) is 5.92 Å². The van der Waals surface area contributed by atoms with Crippen LogP contribution in [-0.2, 0) is 12.6 Å². The molecule has 1 aliphatic carbocycles. The van der Waals surface area contributed by atoms with Gasteiger partial charge in [-0.15, -0.1) is 0 Å². The molecular weight excluding hydrogens is 325 g/mol. The van der Waals surface area contributed by atoms with Crippen molar-refractivity contribution in [1.82, 2.24) is 9.55 Å². The van der Waals surface area contributed by atoms with Gasteiger partial charge in [0.15, 0.2) is 0 Å². The predicted molar refractivity (Wildman–Crippen MR) is 80.3 cm³/mol. The smallest absolute Gasteiger partial charge is 0.451 e. The molecule has 0 bridgehead atoms. The lowest BCUT2D eigenvalue weighted by Gasteiger charge is -2.20. The highest BCUT2D eigenvalue weighted by Gasteiger charge is 2.40. The summed E-state index contributed by atoms with van der Waals surface area (Å²) in [5.74, 6) is -1.43. The van der Waals surface area contributed by atoms with Crippen molar-refractivity contribution in [3.8, 4) is 11.6 Å². The lowest BCUT2D eigenvalue weighted by atomic mass is 9.86. The van der Waals surface area contributed by atoms with Crippen molar-refractivity contribution in [3.63, 3.8) is 0 Å². The van der Waals surface area contributed by atoms with Crippen molar-refractivity contribution >= 4 is 0 Å². The molecule has 2 heterocycles. The average Bonchev–Trinajstić information content (AvgIpc) is 3.00. The van der Waals surface area contributed by atoms with Crippen molar-refractivity contribution < 1.29 is 22.7 Å². The van der Waals surface area contributed by atoms with Crippen LogP contribution in [0.25, 0.3) is 5.69 Å². The van der Waals surface area contributed by atoms with Crippen LogP contribution < -0.4 is 5.69 Å². The summed E-state index contributed by atoms with van der Waals surface area (Å²) in [7, 11) is 0. The van der Waals surface area contributed by atoms with Crippen molar-refractivity contribution in [1.29, 1.82) is 0 Å². The number of aromatic nitrogens is 2. The van der Waals surface area contributed by atoms with Gasteiger partial charge in [-0.25, -0.2) is 9.36 Å². The number of aromatic amines is 1. The molecule has 1 saturated carbocycles. The second-order valence-corrected chi connectivity index (χ2v) is 6.35. The third-order valence-corrected chi connectivity index (χ3v) is 4.49. The maximum absolute atomic E-state index is 13.1. The van der Waals surface area contributed by atoms with Gasteiger partial charge in [-0.3, -0.25) is 0 Å². The Morgan fingerprint density at radius 1 is 1.33 bits per heavy atom. The lowest BCUT2D eigenvalue weighted by molar-refractivity contribution is -0.153. The zero-order valence-electron chi connectivity index (χ0n) is 13.2. The molecule has 0 atom stereocenters. The number of imidazole rings is 1. The number of aryl methyl sites for hydroxylation is 1. The van der Waals surface area contributed by atoms with Crippen LogP contribution in [0.15, 0.2) is 15.3 Å². The third kappa shape index (κ3) is 3.09. The largest absolute Gasteiger partial charge is 0.493 e. The van der Waals surface area contributed by atoms with Crippen LogP contribution >= 0.6 is 0 Å². The minimum absolute atomic E-state index is 0.0126. The molecule has 1 fully saturated rings. The number of H-pyrrole nitrogens is 1. The van der Waals surface area contributed by atoms with E-state index in [2.05, 4.69) is 4.98 Å². The van der Waals surface area contributed by atoms with E-state index in [0.717, 1.165) is 31.7 Å². The summed E-state index contributed by atoms with van der Waals surface area (Å²) in [5.41, 5.74) is -1.02. The van der Waals surface area contributed by atoms with Crippen LogP contribution in [0.4, 0.5) is 13.2 Å². The molecule has 0 unspecified atom stereocenters. The fraction of sp³-hybridized carbons (Fsp3) is 0.562. The van der Waals surface area contributed by atoms with Gasteiger partial charge in [0.2, 0.25) is 11.6 Å². The number of halogens is 3. The molecule has 0 aliphatic heterocycles. The Bertz CT molecular complexity index is 780. The Morgan fingerprint density at radius 3 is 2.62 bits per heavy atom. The predicted octanol–water partition coefficient (Wildman–Crippen LogP) is 3.91. The Morgan fingerprint density at radius 2 is 2.00 bits per heavy atom. The van der Waals surface area contributed by atoms with Gasteiger partial charge in [0.25, 0.3) is 0 Å². The fourth-order valence-electron chi connectivity index (χ4n) is 3.39. The summed E-state index contributed by atoms with van der Waals surface area (Å²) in [4.78, 5) is 14.6. The van der Waals surface area contributed by atoms with Gasteiger partial charge in [-0.1, -0.05) is 32.1 Å². The van der Waals surface area contributed by atoms with Crippen LogP contribution in [0.1, 0.15) is 49.3 Å². The topological polar surface area (TPSA) is 71.2 Å². The molecule has 0 amide bonds. The number of aromatic hydroxyl groups is 1. The van der Waals surface area contributed by atoms with E-state index >= 15 is 0 Å². The van der Waals surface area contributed by atoms with E-state index in [1.807, 2.05) is 0 Å². The molecule has 0 aromatic carbocycles. The summed E-state index contributed by atoms with van der Waals surface area (Å²) in [5, 5.41) is 10.3. The molecule has 2 N–H and O–H groups in total.